The zero-order valence-electron chi connectivity index (χ0n) is 20.9. The first-order chi connectivity index (χ1) is 18.2. The number of halogens is 3. The number of nitrogens with one attached hydrogen (secondary N) is 1. The first-order valence-corrected chi connectivity index (χ1v) is 13.1. The molecular weight excluding hydrogens is 530 g/mol. The minimum atomic E-state index is -0.511. The van der Waals surface area contributed by atoms with Gasteiger partial charge in [-0.1, -0.05) is 23.2 Å². The fraction of sp³-hybridized carbons (Fsp3) is 0.370. The summed E-state index contributed by atoms with van der Waals surface area (Å²) in [5, 5.41) is 9.49. The number of pyridine rings is 2. The molecule has 5 rings (SSSR count). The molecule has 0 saturated carbocycles. The number of ether oxygens (including phenoxy) is 2. The van der Waals surface area contributed by atoms with Crippen LogP contribution in [0.3, 0.4) is 0 Å². The Balaban J connectivity index is 1.31. The Morgan fingerprint density at radius 2 is 1.87 bits per heavy atom. The molecule has 1 aromatic carbocycles. The van der Waals surface area contributed by atoms with Crippen molar-refractivity contribution in [2.75, 3.05) is 36.9 Å². The Kier molecular flexibility index (Phi) is 7.46. The van der Waals surface area contributed by atoms with Crippen LogP contribution in [0.4, 0.5) is 15.9 Å². The minimum absolute atomic E-state index is 0.0255. The van der Waals surface area contributed by atoms with Crippen molar-refractivity contribution in [2.24, 2.45) is 11.7 Å². The number of nitrogens with zero attached hydrogens (tertiary/aromatic N) is 3. The fourth-order valence-corrected chi connectivity index (χ4v) is 5.87. The summed E-state index contributed by atoms with van der Waals surface area (Å²) in [6, 6.07) is 6.27. The summed E-state index contributed by atoms with van der Waals surface area (Å²) < 4.78 is 26.6. The van der Waals surface area contributed by atoms with Crippen molar-refractivity contribution in [1.29, 1.82) is 5.41 Å². The molecule has 8 nitrogen and oxygen atoms in total. The molecule has 11 heteroatoms. The molecule has 2 saturated heterocycles. The zero-order valence-corrected chi connectivity index (χ0v) is 22.4. The van der Waals surface area contributed by atoms with E-state index < -0.39 is 11.9 Å². The Morgan fingerprint density at radius 1 is 1.18 bits per heavy atom. The van der Waals surface area contributed by atoms with Crippen LogP contribution in [0, 0.1) is 17.1 Å². The van der Waals surface area contributed by atoms with Crippen LogP contribution in [-0.4, -0.2) is 47.5 Å². The summed E-state index contributed by atoms with van der Waals surface area (Å²) >= 11 is 12.5. The van der Waals surface area contributed by atoms with Crippen LogP contribution in [0.25, 0.3) is 0 Å². The number of benzene rings is 1. The molecule has 38 heavy (non-hydrogen) atoms. The van der Waals surface area contributed by atoms with E-state index in [2.05, 4.69) is 9.97 Å². The average Bonchev–Trinajstić information content (AvgIpc) is 2.88. The van der Waals surface area contributed by atoms with Gasteiger partial charge in [-0.2, -0.15) is 0 Å². The van der Waals surface area contributed by atoms with Gasteiger partial charge in [-0.05, 0) is 49.9 Å². The molecule has 0 spiro atoms. The van der Waals surface area contributed by atoms with E-state index in [-0.39, 0.29) is 17.1 Å². The second-order valence-electron chi connectivity index (χ2n) is 9.91. The van der Waals surface area contributed by atoms with Crippen LogP contribution >= 0.6 is 23.2 Å². The SMILES string of the molecule is C[C@@H](Oc1ccc(N)c(C(=N)c2cnc(N3CC(N)(C4CCOCC4)C3)c(F)c2)c1)c1c(Cl)cncc1Cl. The van der Waals surface area contributed by atoms with Gasteiger partial charge >= 0.3 is 0 Å². The van der Waals surface area contributed by atoms with Crippen molar-refractivity contribution in [1.82, 2.24) is 9.97 Å². The predicted octanol–water partition coefficient (Wildman–Crippen LogP) is 5.00. The molecule has 2 fully saturated rings. The third-order valence-electron chi connectivity index (χ3n) is 7.32. The molecule has 2 aromatic heterocycles. The molecule has 0 unspecified atom stereocenters. The topological polar surface area (TPSA) is 123 Å². The normalized spacial score (nSPS) is 18.1. The van der Waals surface area contributed by atoms with E-state index in [1.54, 1.807) is 25.1 Å². The van der Waals surface area contributed by atoms with Gasteiger partial charge in [0.05, 0.1) is 21.3 Å². The van der Waals surface area contributed by atoms with Crippen molar-refractivity contribution in [2.45, 2.75) is 31.4 Å². The van der Waals surface area contributed by atoms with E-state index in [1.807, 2.05) is 4.90 Å². The summed E-state index contributed by atoms with van der Waals surface area (Å²) in [5.74, 6) is 0.532. The molecule has 5 N–H and O–H groups in total. The van der Waals surface area contributed by atoms with Gasteiger partial charge in [0.2, 0.25) is 0 Å². The van der Waals surface area contributed by atoms with Gasteiger partial charge < -0.3 is 25.8 Å². The van der Waals surface area contributed by atoms with E-state index in [0.717, 1.165) is 12.8 Å². The van der Waals surface area contributed by atoms with Gasteiger partial charge in [0, 0.05) is 67.3 Å². The maximum atomic E-state index is 15.2. The highest BCUT2D eigenvalue weighted by atomic mass is 35.5. The third kappa shape index (κ3) is 5.16. The second-order valence-corrected chi connectivity index (χ2v) is 10.7. The van der Waals surface area contributed by atoms with E-state index >= 15 is 4.39 Å². The molecule has 2 aliphatic rings. The highest BCUT2D eigenvalue weighted by Crippen LogP contribution is 2.37. The lowest BCUT2D eigenvalue weighted by atomic mass is 9.74. The van der Waals surface area contributed by atoms with Crippen molar-refractivity contribution in [3.63, 3.8) is 0 Å². The van der Waals surface area contributed by atoms with Crippen LogP contribution in [0.2, 0.25) is 10.0 Å². The van der Waals surface area contributed by atoms with Gasteiger partial charge in [-0.25, -0.2) is 9.37 Å². The molecule has 200 valence electrons. The van der Waals surface area contributed by atoms with Gasteiger partial charge in [0.15, 0.2) is 11.6 Å². The molecule has 0 radical (unpaired) electrons. The van der Waals surface area contributed by atoms with Crippen LogP contribution < -0.4 is 21.1 Å². The second kappa shape index (κ2) is 10.6. The van der Waals surface area contributed by atoms with E-state index in [4.69, 9.17) is 49.6 Å². The lowest BCUT2D eigenvalue weighted by molar-refractivity contribution is 0.0305. The number of hydrogen-bond donors (Lipinski definition) is 3. The number of aromatic nitrogens is 2. The standard InChI is InChI=1S/C27H29Cl2FN6O2/c1-15(24-20(28)11-34-12-21(24)29)38-18-2-3-23(31)19(9-18)25(32)16-8-22(30)26(35-10-16)36-13-27(33,14-36)17-4-6-37-7-5-17/h2-3,8-12,15,17,32H,4-7,13-14,31,33H2,1H3/t15-/m1/s1. The Bertz CT molecular complexity index is 1340. The Hall–Kier alpha value is -2.98. The highest BCUT2D eigenvalue weighted by Gasteiger charge is 2.47. The third-order valence-corrected chi connectivity index (χ3v) is 7.92. The van der Waals surface area contributed by atoms with Crippen LogP contribution in [0.1, 0.15) is 42.6 Å². The molecule has 4 heterocycles. The summed E-state index contributed by atoms with van der Waals surface area (Å²) in [6.07, 6.45) is 5.82. The maximum Gasteiger partial charge on any atom is 0.166 e. The van der Waals surface area contributed by atoms with Crippen LogP contribution in [-0.2, 0) is 4.74 Å². The monoisotopic (exact) mass is 558 g/mol. The van der Waals surface area contributed by atoms with Crippen molar-refractivity contribution < 1.29 is 13.9 Å². The molecule has 2 aliphatic heterocycles. The summed E-state index contributed by atoms with van der Waals surface area (Å²) in [7, 11) is 0. The number of nitrogen functional groups attached to an aromatic ring is 1. The number of rotatable bonds is 7. The number of anilines is 2. The van der Waals surface area contributed by atoms with Gasteiger partial charge in [-0.3, -0.25) is 10.4 Å². The molecule has 0 bridgehead atoms. The summed E-state index contributed by atoms with van der Waals surface area (Å²) in [4.78, 5) is 10.1. The van der Waals surface area contributed by atoms with Crippen molar-refractivity contribution in [3.05, 3.63) is 75.4 Å². The van der Waals surface area contributed by atoms with Crippen LogP contribution in [0.5, 0.6) is 5.75 Å². The lowest BCUT2D eigenvalue weighted by Gasteiger charge is -2.53. The molecule has 0 amide bonds. The van der Waals surface area contributed by atoms with Gasteiger partial charge in [0.1, 0.15) is 11.9 Å². The van der Waals surface area contributed by atoms with E-state index in [9.17, 15) is 0 Å². The van der Waals surface area contributed by atoms with Gasteiger partial charge in [0.25, 0.3) is 0 Å². The van der Waals surface area contributed by atoms with Crippen molar-refractivity contribution >= 4 is 40.4 Å². The van der Waals surface area contributed by atoms with Crippen LogP contribution in [0.15, 0.2) is 42.9 Å². The zero-order chi connectivity index (χ0) is 27.0. The fourth-order valence-electron chi connectivity index (χ4n) is 5.20. The minimum Gasteiger partial charge on any atom is -0.486 e. The number of hydrogen-bond acceptors (Lipinski definition) is 8. The average molecular weight is 559 g/mol. The predicted molar refractivity (Wildman–Crippen MR) is 147 cm³/mol. The Morgan fingerprint density at radius 3 is 2.53 bits per heavy atom. The molecule has 0 aliphatic carbocycles. The Labute approximate surface area is 230 Å². The maximum absolute atomic E-state index is 15.2. The highest BCUT2D eigenvalue weighted by molar-refractivity contribution is 6.35. The first kappa shape index (κ1) is 26.6. The quantitative estimate of drug-likeness (QED) is 0.275. The molecular formula is C27H29Cl2FN6O2. The largest absolute Gasteiger partial charge is 0.486 e. The molecule has 3 aromatic rings. The van der Waals surface area contributed by atoms with E-state index in [1.165, 1.54) is 24.7 Å². The van der Waals surface area contributed by atoms with Crippen molar-refractivity contribution in [3.8, 4) is 5.75 Å². The lowest BCUT2D eigenvalue weighted by Crippen LogP contribution is -2.72. The number of nitrogens with two attached hydrogens (primary N) is 2. The summed E-state index contributed by atoms with van der Waals surface area (Å²) in [5.41, 5.74) is 14.1. The smallest absolute Gasteiger partial charge is 0.166 e. The summed E-state index contributed by atoms with van der Waals surface area (Å²) in [6.45, 7) is 4.31. The first-order valence-electron chi connectivity index (χ1n) is 12.4. The van der Waals surface area contributed by atoms with Gasteiger partial charge in [-0.15, -0.1) is 0 Å². The molecule has 1 atom stereocenters. The van der Waals surface area contributed by atoms with E-state index in [0.29, 0.717) is 70.4 Å².